The van der Waals surface area contributed by atoms with Gasteiger partial charge in [-0.3, -0.25) is 0 Å². The Labute approximate surface area is 152 Å². The van der Waals surface area contributed by atoms with Crippen LogP contribution in [0.25, 0.3) is 5.69 Å². The van der Waals surface area contributed by atoms with Gasteiger partial charge in [-0.15, -0.1) is 0 Å². The Balaban J connectivity index is 1.60. The molecule has 0 saturated heterocycles. The molecule has 1 heterocycles. The Morgan fingerprint density at radius 1 is 0.769 bits per heavy atom. The van der Waals surface area contributed by atoms with Gasteiger partial charge in [-0.25, -0.2) is 9.67 Å². The molecule has 0 radical (unpaired) electrons. The maximum atomic E-state index is 6.30. The summed E-state index contributed by atoms with van der Waals surface area (Å²) in [6, 6.07) is 28.8. The quantitative estimate of drug-likeness (QED) is 0.515. The van der Waals surface area contributed by atoms with Crippen molar-refractivity contribution in [2.45, 2.75) is 12.7 Å². The highest BCUT2D eigenvalue weighted by Crippen LogP contribution is 2.27. The van der Waals surface area contributed by atoms with E-state index >= 15 is 0 Å². The van der Waals surface area contributed by atoms with E-state index in [1.54, 1.807) is 11.0 Å². The summed E-state index contributed by atoms with van der Waals surface area (Å²) in [7, 11) is 0. The van der Waals surface area contributed by atoms with Gasteiger partial charge in [0.05, 0.1) is 12.3 Å². The van der Waals surface area contributed by atoms with Crippen LogP contribution >= 0.6 is 0 Å². The smallest absolute Gasteiger partial charge is 0.138 e. The van der Waals surface area contributed by atoms with E-state index in [9.17, 15) is 0 Å². The third-order valence-electron chi connectivity index (χ3n) is 4.24. The lowest BCUT2D eigenvalue weighted by molar-refractivity contribution is 0.0667. The normalized spacial score (nSPS) is 12.0. The fraction of sp³-hybridized carbons (Fsp3) is 0.0909. The molecule has 1 unspecified atom stereocenters. The number of aromatic nitrogens is 3. The first-order valence-electron chi connectivity index (χ1n) is 8.55. The third-order valence-corrected chi connectivity index (χ3v) is 4.24. The monoisotopic (exact) mass is 341 g/mol. The summed E-state index contributed by atoms with van der Waals surface area (Å²) in [6.45, 7) is 0.561. The van der Waals surface area contributed by atoms with Crippen LogP contribution in [0.2, 0.25) is 0 Å². The van der Waals surface area contributed by atoms with Gasteiger partial charge in [-0.1, -0.05) is 72.8 Å². The van der Waals surface area contributed by atoms with Crippen LogP contribution in [-0.4, -0.2) is 14.8 Å². The van der Waals surface area contributed by atoms with Crippen molar-refractivity contribution in [1.82, 2.24) is 14.8 Å². The predicted molar refractivity (Wildman–Crippen MR) is 101 cm³/mol. The van der Waals surface area contributed by atoms with Crippen LogP contribution in [0.3, 0.4) is 0 Å². The molecule has 4 nitrogen and oxygen atoms in total. The summed E-state index contributed by atoms with van der Waals surface area (Å²) in [5.74, 6) is 0. The SMILES string of the molecule is c1ccc(COC(c2ccccc2)c2ccc(-n3cncn3)cc2)cc1. The van der Waals surface area contributed by atoms with E-state index in [0.29, 0.717) is 6.61 Å². The van der Waals surface area contributed by atoms with Crippen LogP contribution < -0.4 is 0 Å². The van der Waals surface area contributed by atoms with Crippen molar-refractivity contribution in [1.29, 1.82) is 0 Å². The van der Waals surface area contributed by atoms with Crippen molar-refractivity contribution in [3.8, 4) is 5.69 Å². The molecule has 1 atom stereocenters. The van der Waals surface area contributed by atoms with E-state index in [4.69, 9.17) is 4.74 Å². The summed E-state index contributed by atoms with van der Waals surface area (Å²) < 4.78 is 8.04. The minimum atomic E-state index is -0.124. The average molecular weight is 341 g/mol. The molecule has 0 N–H and O–H groups in total. The van der Waals surface area contributed by atoms with Gasteiger partial charge in [0.2, 0.25) is 0 Å². The standard InChI is InChI=1S/C22H19N3O/c1-3-7-18(8-4-1)15-26-22(19-9-5-2-6-10-19)20-11-13-21(14-12-20)25-17-23-16-24-25/h1-14,16-17,22H,15H2. The predicted octanol–water partition coefficient (Wildman–Crippen LogP) is 4.57. The van der Waals surface area contributed by atoms with Gasteiger partial charge in [0.25, 0.3) is 0 Å². The number of hydrogen-bond donors (Lipinski definition) is 0. The van der Waals surface area contributed by atoms with Gasteiger partial charge >= 0.3 is 0 Å². The van der Waals surface area contributed by atoms with E-state index in [0.717, 1.165) is 22.4 Å². The lowest BCUT2D eigenvalue weighted by atomic mass is 10.0. The number of nitrogens with zero attached hydrogens (tertiary/aromatic N) is 3. The summed E-state index contributed by atoms with van der Waals surface area (Å²) >= 11 is 0. The van der Waals surface area contributed by atoms with E-state index < -0.39 is 0 Å². The molecule has 0 aliphatic heterocycles. The van der Waals surface area contributed by atoms with Crippen molar-refractivity contribution in [2.75, 3.05) is 0 Å². The molecule has 1 aromatic heterocycles. The first kappa shape index (κ1) is 16.2. The fourth-order valence-electron chi connectivity index (χ4n) is 2.91. The molecule has 4 aromatic rings. The lowest BCUT2D eigenvalue weighted by Gasteiger charge is -2.19. The average Bonchev–Trinajstić information content (AvgIpc) is 3.25. The van der Waals surface area contributed by atoms with E-state index in [1.807, 2.05) is 48.5 Å². The second-order valence-electron chi connectivity index (χ2n) is 6.02. The lowest BCUT2D eigenvalue weighted by Crippen LogP contribution is -2.07. The molecule has 4 rings (SSSR count). The molecule has 0 amide bonds. The number of benzene rings is 3. The van der Waals surface area contributed by atoms with Crippen LogP contribution in [0.15, 0.2) is 97.6 Å². The molecular weight excluding hydrogens is 322 g/mol. The van der Waals surface area contributed by atoms with Crippen molar-refractivity contribution >= 4 is 0 Å². The zero-order valence-corrected chi connectivity index (χ0v) is 14.3. The molecule has 128 valence electrons. The van der Waals surface area contributed by atoms with Gasteiger partial charge in [-0.2, -0.15) is 5.10 Å². The summed E-state index contributed by atoms with van der Waals surface area (Å²) in [5.41, 5.74) is 4.38. The molecule has 0 bridgehead atoms. The van der Waals surface area contributed by atoms with Crippen LogP contribution in [0.1, 0.15) is 22.8 Å². The van der Waals surface area contributed by atoms with Gasteiger partial charge in [0.1, 0.15) is 18.8 Å². The maximum Gasteiger partial charge on any atom is 0.138 e. The van der Waals surface area contributed by atoms with Crippen LogP contribution in [0, 0.1) is 0 Å². The van der Waals surface area contributed by atoms with Gasteiger partial charge in [0.15, 0.2) is 0 Å². The van der Waals surface area contributed by atoms with Crippen molar-refractivity contribution in [3.63, 3.8) is 0 Å². The molecule has 3 aromatic carbocycles. The van der Waals surface area contributed by atoms with Crippen molar-refractivity contribution in [3.05, 3.63) is 114 Å². The zero-order chi connectivity index (χ0) is 17.6. The van der Waals surface area contributed by atoms with Gasteiger partial charge in [-0.05, 0) is 28.8 Å². The largest absolute Gasteiger partial charge is 0.364 e. The topological polar surface area (TPSA) is 39.9 Å². The molecule has 0 fully saturated rings. The van der Waals surface area contributed by atoms with Crippen LogP contribution in [0.4, 0.5) is 0 Å². The molecule has 0 aliphatic carbocycles. The van der Waals surface area contributed by atoms with E-state index in [1.165, 1.54) is 6.33 Å². The van der Waals surface area contributed by atoms with Crippen molar-refractivity contribution in [2.24, 2.45) is 0 Å². The number of rotatable bonds is 6. The van der Waals surface area contributed by atoms with Crippen LogP contribution in [-0.2, 0) is 11.3 Å². The molecule has 4 heteroatoms. The Bertz CT molecular complexity index is 920. The Hall–Kier alpha value is -3.24. The summed E-state index contributed by atoms with van der Waals surface area (Å²) in [4.78, 5) is 3.99. The van der Waals surface area contributed by atoms with E-state index in [-0.39, 0.29) is 6.10 Å². The third kappa shape index (κ3) is 3.71. The highest BCUT2D eigenvalue weighted by atomic mass is 16.5. The molecule has 26 heavy (non-hydrogen) atoms. The Morgan fingerprint density at radius 3 is 2.08 bits per heavy atom. The van der Waals surface area contributed by atoms with Gasteiger partial charge < -0.3 is 4.74 Å². The van der Waals surface area contributed by atoms with Crippen LogP contribution in [0.5, 0.6) is 0 Å². The highest BCUT2D eigenvalue weighted by molar-refractivity contribution is 5.37. The van der Waals surface area contributed by atoms with Gasteiger partial charge in [0, 0.05) is 0 Å². The number of hydrogen-bond acceptors (Lipinski definition) is 3. The fourth-order valence-corrected chi connectivity index (χ4v) is 2.91. The van der Waals surface area contributed by atoms with E-state index in [2.05, 4.69) is 46.5 Å². The molecule has 0 aliphatic rings. The molecule has 0 saturated carbocycles. The Morgan fingerprint density at radius 2 is 1.42 bits per heavy atom. The van der Waals surface area contributed by atoms with Crippen molar-refractivity contribution < 1.29 is 4.74 Å². The minimum Gasteiger partial charge on any atom is -0.364 e. The molecule has 0 spiro atoms. The second kappa shape index (κ2) is 7.76. The first-order valence-corrected chi connectivity index (χ1v) is 8.55. The molecular formula is C22H19N3O. The maximum absolute atomic E-state index is 6.30. The highest BCUT2D eigenvalue weighted by Gasteiger charge is 2.15. The Kier molecular flexibility index (Phi) is 4.85. The first-order chi connectivity index (χ1) is 12.9. The zero-order valence-electron chi connectivity index (χ0n) is 14.3. The summed E-state index contributed by atoms with van der Waals surface area (Å²) in [5, 5.41) is 4.17. The second-order valence-corrected chi connectivity index (χ2v) is 6.02. The number of ether oxygens (including phenoxy) is 1. The summed E-state index contributed by atoms with van der Waals surface area (Å²) in [6.07, 6.45) is 3.10. The minimum absolute atomic E-state index is 0.124.